The van der Waals surface area contributed by atoms with Crippen molar-refractivity contribution in [3.05, 3.63) is 84.7 Å². The van der Waals surface area contributed by atoms with E-state index in [0.29, 0.717) is 5.71 Å². The first kappa shape index (κ1) is 18.7. The Hall–Kier alpha value is -4.33. The van der Waals surface area contributed by atoms with Crippen LogP contribution in [0.4, 0.5) is 0 Å². The second-order valence-corrected chi connectivity index (χ2v) is 7.12. The van der Waals surface area contributed by atoms with Gasteiger partial charge in [-0.2, -0.15) is 5.10 Å². The second-order valence-electron chi connectivity index (χ2n) is 7.12. The predicted molar refractivity (Wildman–Crippen MR) is 119 cm³/mol. The number of hydrogen-bond acceptors (Lipinski definition) is 5. The van der Waals surface area contributed by atoms with Crippen LogP contribution in [0.2, 0.25) is 0 Å². The van der Waals surface area contributed by atoms with Gasteiger partial charge in [0.2, 0.25) is 0 Å². The molecule has 152 valence electrons. The molecule has 1 N–H and O–H groups in total. The molecule has 8 heteroatoms. The molecule has 0 saturated heterocycles. The summed E-state index contributed by atoms with van der Waals surface area (Å²) in [7, 11) is 0. The molecule has 1 amide bonds. The van der Waals surface area contributed by atoms with E-state index in [9.17, 15) is 4.79 Å². The van der Waals surface area contributed by atoms with Crippen molar-refractivity contribution >= 4 is 33.7 Å². The van der Waals surface area contributed by atoms with Crippen LogP contribution < -0.4 is 5.43 Å². The van der Waals surface area contributed by atoms with Gasteiger partial charge in [0.1, 0.15) is 18.4 Å². The zero-order valence-electron chi connectivity index (χ0n) is 16.8. The molecule has 5 aromatic rings. The molecule has 0 unspecified atom stereocenters. The van der Waals surface area contributed by atoms with Crippen LogP contribution >= 0.6 is 0 Å². The fourth-order valence-electron chi connectivity index (χ4n) is 3.44. The molecule has 2 aromatic heterocycles. The number of para-hydroxylation sites is 3. The lowest BCUT2D eigenvalue weighted by atomic mass is 10.1. The van der Waals surface area contributed by atoms with Gasteiger partial charge in [0.05, 0.1) is 22.3 Å². The summed E-state index contributed by atoms with van der Waals surface area (Å²) in [6.45, 7) is 1.90. The van der Waals surface area contributed by atoms with E-state index >= 15 is 0 Å². The van der Waals surface area contributed by atoms with Crippen molar-refractivity contribution in [2.24, 2.45) is 5.10 Å². The van der Waals surface area contributed by atoms with Gasteiger partial charge in [-0.25, -0.2) is 15.1 Å². The number of nitrogens with zero attached hydrogens (tertiary/aromatic N) is 6. The van der Waals surface area contributed by atoms with Crippen molar-refractivity contribution in [1.29, 1.82) is 0 Å². The largest absolute Gasteiger partial charge is 0.299 e. The molecule has 0 atom stereocenters. The summed E-state index contributed by atoms with van der Waals surface area (Å²) < 4.78 is 3.59. The number of benzene rings is 3. The number of hydrogen-bond donors (Lipinski definition) is 1. The highest BCUT2D eigenvalue weighted by Crippen LogP contribution is 2.18. The van der Waals surface area contributed by atoms with Crippen molar-refractivity contribution < 1.29 is 4.79 Å². The first-order valence-corrected chi connectivity index (χ1v) is 9.83. The third kappa shape index (κ3) is 3.66. The van der Waals surface area contributed by atoms with Crippen molar-refractivity contribution in [3.63, 3.8) is 0 Å². The highest BCUT2D eigenvalue weighted by Gasteiger charge is 2.09. The molecule has 0 aliphatic carbocycles. The molecule has 0 bridgehead atoms. The predicted octanol–water partition coefficient (Wildman–Crippen LogP) is 3.31. The van der Waals surface area contributed by atoms with E-state index in [4.69, 9.17) is 0 Å². The average Bonchev–Trinajstić information content (AvgIpc) is 3.42. The Labute approximate surface area is 177 Å². The van der Waals surface area contributed by atoms with Crippen LogP contribution in [0.15, 0.2) is 84.2 Å². The van der Waals surface area contributed by atoms with Crippen molar-refractivity contribution in [2.45, 2.75) is 13.5 Å². The van der Waals surface area contributed by atoms with Gasteiger partial charge in [0.15, 0.2) is 0 Å². The standard InChI is InChI=1S/C23H19N7O/c1-16(25-27-23(31)14-30-22-9-5-3-7-20(22)26-28-30)17-10-12-18(13-11-17)29-15-24-19-6-2-4-8-21(19)29/h2-13,15H,14H2,1H3,(H,27,31)/b25-16-. The molecule has 2 heterocycles. The van der Waals surface area contributed by atoms with Gasteiger partial charge in [-0.15, -0.1) is 5.10 Å². The number of fused-ring (bicyclic) bond motifs is 2. The lowest BCUT2D eigenvalue weighted by Gasteiger charge is -2.07. The molecule has 5 rings (SSSR count). The third-order valence-electron chi connectivity index (χ3n) is 5.08. The summed E-state index contributed by atoms with van der Waals surface area (Å²) in [6.07, 6.45) is 1.81. The maximum Gasteiger partial charge on any atom is 0.261 e. The van der Waals surface area contributed by atoms with E-state index in [0.717, 1.165) is 33.3 Å². The molecule has 8 nitrogen and oxygen atoms in total. The zero-order chi connectivity index (χ0) is 21.2. The van der Waals surface area contributed by atoms with Gasteiger partial charge < -0.3 is 0 Å². The average molecular weight is 409 g/mol. The highest BCUT2D eigenvalue weighted by molar-refractivity contribution is 5.99. The summed E-state index contributed by atoms with van der Waals surface area (Å²) in [5.74, 6) is -0.267. The number of aromatic nitrogens is 5. The monoisotopic (exact) mass is 409 g/mol. The Morgan fingerprint density at radius 1 is 0.935 bits per heavy atom. The summed E-state index contributed by atoms with van der Waals surface area (Å²) in [5.41, 5.74) is 8.78. The first-order valence-electron chi connectivity index (χ1n) is 9.83. The van der Waals surface area contributed by atoms with Gasteiger partial charge in [-0.05, 0) is 48.9 Å². The molecular weight excluding hydrogens is 390 g/mol. The van der Waals surface area contributed by atoms with Crippen molar-refractivity contribution in [2.75, 3.05) is 0 Å². The SMILES string of the molecule is C/C(=N/NC(=O)Cn1nnc2ccccc21)c1ccc(-n2cnc3ccccc32)cc1. The number of imidazole rings is 1. The second kappa shape index (κ2) is 7.83. The summed E-state index contributed by atoms with van der Waals surface area (Å²) in [4.78, 5) is 16.7. The van der Waals surface area contributed by atoms with Gasteiger partial charge in [0, 0.05) is 5.69 Å². The lowest BCUT2D eigenvalue weighted by molar-refractivity contribution is -0.121. The number of nitrogens with one attached hydrogen (secondary N) is 1. The quantitative estimate of drug-likeness (QED) is 0.356. The molecule has 0 radical (unpaired) electrons. The maximum absolute atomic E-state index is 12.3. The number of carbonyl (C=O) groups excluding carboxylic acids is 1. The minimum atomic E-state index is -0.267. The Morgan fingerprint density at radius 3 is 2.45 bits per heavy atom. The third-order valence-corrected chi connectivity index (χ3v) is 5.08. The van der Waals surface area contributed by atoms with Crippen LogP contribution in [0.1, 0.15) is 12.5 Å². The van der Waals surface area contributed by atoms with E-state index in [1.54, 1.807) is 4.68 Å². The van der Waals surface area contributed by atoms with Gasteiger partial charge in [-0.1, -0.05) is 41.6 Å². The number of carbonyl (C=O) groups is 1. The van der Waals surface area contributed by atoms with E-state index in [-0.39, 0.29) is 12.5 Å². The smallest absolute Gasteiger partial charge is 0.261 e. The van der Waals surface area contributed by atoms with Crippen LogP contribution in [0, 0.1) is 0 Å². The molecule has 31 heavy (non-hydrogen) atoms. The normalized spacial score (nSPS) is 11.8. The Bertz CT molecular complexity index is 1410. The van der Waals surface area contributed by atoms with Crippen LogP contribution in [-0.4, -0.2) is 36.2 Å². The Balaban J connectivity index is 1.28. The van der Waals surface area contributed by atoms with Crippen LogP contribution in [0.3, 0.4) is 0 Å². The molecular formula is C23H19N7O. The van der Waals surface area contributed by atoms with E-state index in [1.165, 1.54) is 0 Å². The molecule has 3 aromatic carbocycles. The lowest BCUT2D eigenvalue weighted by Crippen LogP contribution is -2.24. The fraction of sp³-hybridized carbons (Fsp3) is 0.0870. The van der Waals surface area contributed by atoms with Crippen LogP contribution in [0.5, 0.6) is 0 Å². The molecule has 0 spiro atoms. The molecule has 0 saturated carbocycles. The Morgan fingerprint density at radius 2 is 1.65 bits per heavy atom. The minimum absolute atomic E-state index is 0.0456. The van der Waals surface area contributed by atoms with Crippen molar-refractivity contribution in [1.82, 2.24) is 30.0 Å². The van der Waals surface area contributed by atoms with E-state index in [2.05, 4.69) is 25.8 Å². The van der Waals surface area contributed by atoms with Gasteiger partial charge in [0.25, 0.3) is 5.91 Å². The van der Waals surface area contributed by atoms with Crippen molar-refractivity contribution in [3.8, 4) is 5.69 Å². The molecule has 0 fully saturated rings. The molecule has 0 aliphatic rings. The fourth-order valence-corrected chi connectivity index (χ4v) is 3.44. The molecule has 0 aliphatic heterocycles. The van der Waals surface area contributed by atoms with Gasteiger partial charge in [-0.3, -0.25) is 9.36 Å². The van der Waals surface area contributed by atoms with Crippen LogP contribution in [-0.2, 0) is 11.3 Å². The van der Waals surface area contributed by atoms with E-state index < -0.39 is 0 Å². The maximum atomic E-state index is 12.3. The topological polar surface area (TPSA) is 90.0 Å². The zero-order valence-corrected chi connectivity index (χ0v) is 16.8. The van der Waals surface area contributed by atoms with Crippen LogP contribution in [0.25, 0.3) is 27.8 Å². The van der Waals surface area contributed by atoms with E-state index in [1.807, 2.05) is 90.6 Å². The first-order chi connectivity index (χ1) is 15.2. The number of hydrazone groups is 1. The van der Waals surface area contributed by atoms with Gasteiger partial charge >= 0.3 is 0 Å². The highest BCUT2D eigenvalue weighted by atomic mass is 16.2. The summed E-state index contributed by atoms with van der Waals surface area (Å²) in [5, 5.41) is 12.3. The minimum Gasteiger partial charge on any atom is -0.299 e. The number of amides is 1. The Kier molecular flexibility index (Phi) is 4.72. The summed E-state index contributed by atoms with van der Waals surface area (Å²) >= 11 is 0. The number of rotatable bonds is 5. The summed E-state index contributed by atoms with van der Waals surface area (Å²) in [6, 6.07) is 23.5.